The molecule has 0 N–H and O–H groups in total. The summed E-state index contributed by atoms with van der Waals surface area (Å²) >= 11 is 0. The summed E-state index contributed by atoms with van der Waals surface area (Å²) in [6.07, 6.45) is 6.19. The molecule has 0 atom stereocenters. The summed E-state index contributed by atoms with van der Waals surface area (Å²) < 4.78 is 2.88. The molecule has 0 aliphatic heterocycles. The van der Waals surface area contributed by atoms with E-state index in [1.165, 1.54) is 9.08 Å². The molecule has 0 bridgehead atoms. The summed E-state index contributed by atoms with van der Waals surface area (Å²) in [5.74, 6) is 0. The van der Waals surface area contributed by atoms with Crippen molar-refractivity contribution in [2.75, 3.05) is 0 Å². The van der Waals surface area contributed by atoms with Crippen molar-refractivity contribution in [3.63, 3.8) is 0 Å². The Balaban J connectivity index is 2.12. The molecule has 94 valence electrons. The van der Waals surface area contributed by atoms with E-state index >= 15 is 0 Å². The van der Waals surface area contributed by atoms with Crippen LogP contribution in [0.5, 0.6) is 0 Å². The Morgan fingerprint density at radius 3 is 2.94 bits per heavy atom. The lowest BCUT2D eigenvalue weighted by Crippen LogP contribution is -2.22. The lowest BCUT2D eigenvalue weighted by molar-refractivity contribution is 0.404. The van der Waals surface area contributed by atoms with Gasteiger partial charge in [-0.3, -0.25) is 4.98 Å². The van der Waals surface area contributed by atoms with Crippen LogP contribution in [0.15, 0.2) is 23.4 Å². The van der Waals surface area contributed by atoms with Gasteiger partial charge in [0, 0.05) is 18.9 Å². The molecule has 2 rings (SSSR count). The lowest BCUT2D eigenvalue weighted by Gasteiger charge is -2.13. The average molecular weight is 245 g/mol. The first-order chi connectivity index (χ1) is 8.53. The van der Waals surface area contributed by atoms with E-state index in [1.807, 2.05) is 13.8 Å². The smallest absolute Gasteiger partial charge is 0.259 e. The zero-order valence-corrected chi connectivity index (χ0v) is 10.5. The highest BCUT2D eigenvalue weighted by molar-refractivity contribution is 5.31. The van der Waals surface area contributed by atoms with Crippen LogP contribution in [0.2, 0.25) is 0 Å². The van der Waals surface area contributed by atoms with Crippen LogP contribution in [-0.4, -0.2) is 19.2 Å². The van der Waals surface area contributed by atoms with Crippen molar-refractivity contribution in [3.8, 4) is 6.07 Å². The van der Waals surface area contributed by atoms with Crippen molar-refractivity contribution >= 4 is 5.65 Å². The molecule has 2 aromatic rings. The van der Waals surface area contributed by atoms with Crippen molar-refractivity contribution in [1.82, 2.24) is 19.2 Å². The van der Waals surface area contributed by atoms with Gasteiger partial charge in [-0.05, 0) is 26.7 Å². The lowest BCUT2D eigenvalue weighted by atomic mass is 9.90. The predicted octanol–water partition coefficient (Wildman–Crippen LogP) is 1.22. The summed E-state index contributed by atoms with van der Waals surface area (Å²) in [6, 6.07) is 2.25. The highest BCUT2D eigenvalue weighted by Crippen LogP contribution is 2.20. The van der Waals surface area contributed by atoms with Gasteiger partial charge >= 0.3 is 5.69 Å². The fourth-order valence-corrected chi connectivity index (χ4v) is 1.75. The monoisotopic (exact) mass is 245 g/mol. The van der Waals surface area contributed by atoms with Crippen LogP contribution in [-0.2, 0) is 6.54 Å². The maximum atomic E-state index is 11.9. The van der Waals surface area contributed by atoms with Gasteiger partial charge in [0.05, 0.1) is 17.7 Å². The second-order valence-corrected chi connectivity index (χ2v) is 4.91. The summed E-state index contributed by atoms with van der Waals surface area (Å²) in [5, 5.41) is 13.1. The van der Waals surface area contributed by atoms with E-state index in [2.05, 4.69) is 16.2 Å². The first-order valence-electron chi connectivity index (χ1n) is 5.84. The third-order valence-electron chi connectivity index (χ3n) is 2.86. The fourth-order valence-electron chi connectivity index (χ4n) is 1.75. The molecule has 0 amide bonds. The van der Waals surface area contributed by atoms with Crippen molar-refractivity contribution in [1.29, 1.82) is 5.26 Å². The minimum atomic E-state index is -0.357. The summed E-state index contributed by atoms with van der Waals surface area (Å²) in [5.41, 5.74) is 0.0221. The van der Waals surface area contributed by atoms with Crippen LogP contribution in [0.25, 0.3) is 5.65 Å². The Labute approximate surface area is 104 Å². The Morgan fingerprint density at radius 1 is 1.50 bits per heavy atom. The van der Waals surface area contributed by atoms with E-state index in [-0.39, 0.29) is 11.1 Å². The van der Waals surface area contributed by atoms with Crippen LogP contribution in [0.4, 0.5) is 0 Å². The highest BCUT2D eigenvalue weighted by Gasteiger charge is 2.16. The average Bonchev–Trinajstić information content (AvgIpc) is 2.67. The van der Waals surface area contributed by atoms with Gasteiger partial charge in [-0.1, -0.05) is 0 Å². The molecular weight excluding hydrogens is 230 g/mol. The zero-order valence-electron chi connectivity index (χ0n) is 10.5. The minimum absolute atomic E-state index is 0.165. The Kier molecular flexibility index (Phi) is 3.15. The number of nitrogens with zero attached hydrogens (tertiary/aromatic N) is 5. The summed E-state index contributed by atoms with van der Waals surface area (Å²) in [7, 11) is 0. The van der Waals surface area contributed by atoms with E-state index in [4.69, 9.17) is 5.26 Å². The van der Waals surface area contributed by atoms with Crippen molar-refractivity contribution in [3.05, 3.63) is 29.1 Å². The molecule has 2 aromatic heterocycles. The molecule has 0 aliphatic rings. The van der Waals surface area contributed by atoms with E-state index in [1.54, 1.807) is 18.6 Å². The molecule has 18 heavy (non-hydrogen) atoms. The van der Waals surface area contributed by atoms with Crippen molar-refractivity contribution in [2.24, 2.45) is 5.41 Å². The minimum Gasteiger partial charge on any atom is -0.259 e. The van der Waals surface area contributed by atoms with Gasteiger partial charge in [0.25, 0.3) is 0 Å². The summed E-state index contributed by atoms with van der Waals surface area (Å²) in [6.45, 7) is 4.30. The SMILES string of the molecule is CC(C)(C#N)CCCn1nc2cnccn2c1=O. The van der Waals surface area contributed by atoms with Gasteiger partial charge < -0.3 is 0 Å². The van der Waals surface area contributed by atoms with E-state index in [9.17, 15) is 4.79 Å². The number of rotatable bonds is 4. The first-order valence-corrected chi connectivity index (χ1v) is 5.84. The van der Waals surface area contributed by atoms with Crippen molar-refractivity contribution < 1.29 is 0 Å². The molecule has 2 heterocycles. The summed E-state index contributed by atoms with van der Waals surface area (Å²) in [4.78, 5) is 15.8. The van der Waals surface area contributed by atoms with Gasteiger partial charge in [0.1, 0.15) is 0 Å². The number of hydrogen-bond donors (Lipinski definition) is 0. The number of fused-ring (bicyclic) bond motifs is 1. The number of aryl methyl sites for hydroxylation is 1. The van der Waals surface area contributed by atoms with E-state index in [0.29, 0.717) is 12.2 Å². The maximum absolute atomic E-state index is 11.9. The van der Waals surface area contributed by atoms with Crippen LogP contribution >= 0.6 is 0 Å². The van der Waals surface area contributed by atoms with E-state index < -0.39 is 0 Å². The molecular formula is C12H15N5O. The molecule has 0 aliphatic carbocycles. The molecule has 6 heteroatoms. The molecule has 0 radical (unpaired) electrons. The van der Waals surface area contributed by atoms with Gasteiger partial charge in [0.2, 0.25) is 0 Å². The Hall–Kier alpha value is -2.16. The molecule has 0 aromatic carbocycles. The van der Waals surface area contributed by atoms with Crippen LogP contribution in [0.3, 0.4) is 0 Å². The largest absolute Gasteiger partial charge is 0.350 e. The molecule has 0 unspecified atom stereocenters. The molecule has 0 saturated carbocycles. The third-order valence-corrected chi connectivity index (χ3v) is 2.86. The highest BCUT2D eigenvalue weighted by atomic mass is 16.2. The van der Waals surface area contributed by atoms with E-state index in [0.717, 1.165) is 12.8 Å². The number of nitriles is 1. The van der Waals surface area contributed by atoms with Gasteiger partial charge in [0.15, 0.2) is 5.65 Å². The topological polar surface area (TPSA) is 76.0 Å². The van der Waals surface area contributed by atoms with Gasteiger partial charge in [-0.2, -0.15) is 5.26 Å². The zero-order chi connectivity index (χ0) is 13.2. The second kappa shape index (κ2) is 4.61. The predicted molar refractivity (Wildman–Crippen MR) is 65.9 cm³/mol. The molecule has 6 nitrogen and oxygen atoms in total. The standard InChI is InChI=1S/C12H15N5O/c1-12(2,9-13)4-3-6-17-11(18)16-7-5-14-8-10(16)15-17/h5,7-8H,3-4,6H2,1-2H3. The molecule has 0 saturated heterocycles. The van der Waals surface area contributed by atoms with Crippen LogP contribution < -0.4 is 5.69 Å². The molecule has 0 fully saturated rings. The second-order valence-electron chi connectivity index (χ2n) is 4.91. The number of aromatic nitrogens is 4. The normalized spacial score (nSPS) is 11.6. The van der Waals surface area contributed by atoms with Gasteiger partial charge in [-0.15, -0.1) is 5.10 Å². The van der Waals surface area contributed by atoms with Crippen LogP contribution in [0.1, 0.15) is 26.7 Å². The van der Waals surface area contributed by atoms with Gasteiger partial charge in [-0.25, -0.2) is 13.9 Å². The third kappa shape index (κ3) is 2.40. The Morgan fingerprint density at radius 2 is 2.28 bits per heavy atom. The van der Waals surface area contributed by atoms with Crippen LogP contribution in [0, 0.1) is 16.7 Å². The number of hydrogen-bond acceptors (Lipinski definition) is 4. The first kappa shape index (κ1) is 12.3. The quantitative estimate of drug-likeness (QED) is 0.811. The maximum Gasteiger partial charge on any atom is 0.350 e. The van der Waals surface area contributed by atoms with Crippen molar-refractivity contribution in [2.45, 2.75) is 33.2 Å². The molecule has 0 spiro atoms. The Bertz CT molecular complexity index is 646. The fraction of sp³-hybridized carbons (Fsp3) is 0.500.